The maximum Gasteiger partial charge on any atom is 0.182 e. The van der Waals surface area contributed by atoms with Crippen LogP contribution in [0.5, 0.6) is 0 Å². The van der Waals surface area contributed by atoms with Crippen LogP contribution in [0.25, 0.3) is 11.5 Å². The smallest absolute Gasteiger partial charge is 0.182 e. The van der Waals surface area contributed by atoms with Gasteiger partial charge in [-0.25, -0.2) is 15.0 Å². The molecule has 0 spiro atoms. The lowest BCUT2D eigenvalue weighted by atomic mass is 10.2. The third kappa shape index (κ3) is 2.08. The summed E-state index contributed by atoms with van der Waals surface area (Å²) in [6.07, 6.45) is 7.36. The van der Waals surface area contributed by atoms with Gasteiger partial charge in [-0.2, -0.15) is 0 Å². The summed E-state index contributed by atoms with van der Waals surface area (Å²) in [5.74, 6) is 1.97. The second kappa shape index (κ2) is 4.61. The van der Waals surface area contributed by atoms with Crippen molar-refractivity contribution in [2.24, 2.45) is 0 Å². The molecule has 0 amide bonds. The summed E-state index contributed by atoms with van der Waals surface area (Å²) in [5.41, 5.74) is 1.76. The van der Waals surface area contributed by atoms with E-state index in [-0.39, 0.29) is 0 Å². The van der Waals surface area contributed by atoms with Crippen LogP contribution in [0.2, 0.25) is 0 Å². The molecular weight excluding hydrogens is 294 g/mol. The Balaban J connectivity index is 2.13. The number of nitrogens with one attached hydrogen (secondary N) is 1. The van der Waals surface area contributed by atoms with Crippen molar-refractivity contribution in [1.29, 1.82) is 0 Å². The van der Waals surface area contributed by atoms with E-state index in [4.69, 9.17) is 0 Å². The van der Waals surface area contributed by atoms with Crippen LogP contribution in [0.1, 0.15) is 24.5 Å². The molecule has 5 nitrogen and oxygen atoms in total. The number of hydrogen-bond donors (Lipinski definition) is 1. The molecular formula is C12H12BrN5. The topological polar surface area (TPSA) is 63.6 Å². The van der Waals surface area contributed by atoms with E-state index in [2.05, 4.69) is 41.2 Å². The van der Waals surface area contributed by atoms with Crippen LogP contribution >= 0.6 is 15.9 Å². The SMILES string of the molecule is CNc1nc(-c2cnccn2)nc(C2CC2)c1Br. The number of anilines is 1. The van der Waals surface area contributed by atoms with E-state index in [0.29, 0.717) is 17.4 Å². The van der Waals surface area contributed by atoms with Crippen molar-refractivity contribution in [3.05, 3.63) is 28.8 Å². The minimum atomic E-state index is 0.546. The predicted octanol–water partition coefficient (Wildman–Crippen LogP) is 2.62. The lowest BCUT2D eigenvalue weighted by molar-refractivity contribution is 0.971. The monoisotopic (exact) mass is 305 g/mol. The summed E-state index contributed by atoms with van der Waals surface area (Å²) >= 11 is 3.57. The first-order chi connectivity index (χ1) is 8.79. The van der Waals surface area contributed by atoms with Gasteiger partial charge < -0.3 is 5.32 Å². The number of halogens is 1. The first kappa shape index (κ1) is 11.5. The normalized spacial score (nSPS) is 14.6. The number of rotatable bonds is 3. The largest absolute Gasteiger partial charge is 0.372 e. The molecule has 0 aromatic carbocycles. The third-order valence-corrected chi connectivity index (χ3v) is 3.65. The maximum atomic E-state index is 4.61. The Hall–Kier alpha value is -1.56. The molecule has 1 saturated carbocycles. The van der Waals surface area contributed by atoms with Crippen LogP contribution < -0.4 is 5.32 Å². The molecule has 3 rings (SSSR count). The standard InChI is InChI=1S/C12H12BrN5/c1-14-12-9(13)10(7-2-3-7)17-11(18-12)8-6-15-4-5-16-8/h4-7H,2-3H2,1H3,(H,14,17,18). The Morgan fingerprint density at radius 1 is 1.28 bits per heavy atom. The highest BCUT2D eigenvalue weighted by Gasteiger charge is 2.29. The summed E-state index contributed by atoms with van der Waals surface area (Å²) in [7, 11) is 1.85. The molecule has 0 aliphatic heterocycles. The first-order valence-corrected chi connectivity index (χ1v) is 6.60. The van der Waals surface area contributed by atoms with Gasteiger partial charge in [0.25, 0.3) is 0 Å². The molecule has 2 heterocycles. The average Bonchev–Trinajstić information content (AvgIpc) is 3.24. The molecule has 18 heavy (non-hydrogen) atoms. The van der Waals surface area contributed by atoms with Crippen molar-refractivity contribution >= 4 is 21.7 Å². The Morgan fingerprint density at radius 3 is 2.72 bits per heavy atom. The van der Waals surface area contributed by atoms with E-state index in [1.807, 2.05) is 7.05 Å². The number of nitrogens with zero attached hydrogens (tertiary/aromatic N) is 4. The molecule has 2 aromatic rings. The van der Waals surface area contributed by atoms with Crippen LogP contribution in [0, 0.1) is 0 Å². The second-order valence-electron chi connectivity index (χ2n) is 4.21. The highest BCUT2D eigenvalue weighted by molar-refractivity contribution is 9.10. The van der Waals surface area contributed by atoms with Gasteiger partial charge in [-0.15, -0.1) is 0 Å². The fraction of sp³-hybridized carbons (Fsp3) is 0.333. The van der Waals surface area contributed by atoms with Crippen molar-refractivity contribution in [3.8, 4) is 11.5 Å². The Labute approximate surface area is 113 Å². The van der Waals surface area contributed by atoms with E-state index < -0.39 is 0 Å². The molecule has 1 aliphatic carbocycles. The van der Waals surface area contributed by atoms with Crippen LogP contribution in [-0.2, 0) is 0 Å². The lowest BCUT2D eigenvalue weighted by Gasteiger charge is -2.09. The molecule has 6 heteroatoms. The first-order valence-electron chi connectivity index (χ1n) is 5.81. The summed E-state index contributed by atoms with van der Waals surface area (Å²) < 4.78 is 0.958. The number of hydrogen-bond acceptors (Lipinski definition) is 5. The summed E-state index contributed by atoms with van der Waals surface area (Å²) in [6, 6.07) is 0. The molecule has 0 bridgehead atoms. The second-order valence-corrected chi connectivity index (χ2v) is 5.00. The molecule has 1 N–H and O–H groups in total. The molecule has 2 aromatic heterocycles. The summed E-state index contributed by atoms with van der Waals surface area (Å²) in [5, 5.41) is 3.08. The Morgan fingerprint density at radius 2 is 2.11 bits per heavy atom. The molecule has 0 atom stereocenters. The molecule has 0 saturated heterocycles. The van der Waals surface area contributed by atoms with Crippen molar-refractivity contribution in [3.63, 3.8) is 0 Å². The van der Waals surface area contributed by atoms with Crippen molar-refractivity contribution in [1.82, 2.24) is 19.9 Å². The van der Waals surface area contributed by atoms with Gasteiger partial charge in [0.05, 0.1) is 16.4 Å². The highest BCUT2D eigenvalue weighted by atomic mass is 79.9. The molecule has 1 aliphatic rings. The maximum absolute atomic E-state index is 4.61. The molecule has 1 fully saturated rings. The van der Waals surface area contributed by atoms with E-state index in [1.54, 1.807) is 18.6 Å². The van der Waals surface area contributed by atoms with Gasteiger partial charge in [-0.05, 0) is 28.8 Å². The quantitative estimate of drug-likeness (QED) is 0.944. The molecule has 0 unspecified atom stereocenters. The van der Waals surface area contributed by atoms with Gasteiger partial charge >= 0.3 is 0 Å². The minimum absolute atomic E-state index is 0.546. The van der Waals surface area contributed by atoms with Gasteiger partial charge in [0.1, 0.15) is 11.5 Å². The Kier molecular flexibility index (Phi) is 2.95. The van der Waals surface area contributed by atoms with Crippen LogP contribution in [-0.4, -0.2) is 27.0 Å². The molecule has 92 valence electrons. The fourth-order valence-electron chi connectivity index (χ4n) is 1.79. The van der Waals surface area contributed by atoms with E-state index in [9.17, 15) is 0 Å². The van der Waals surface area contributed by atoms with Gasteiger partial charge in [0, 0.05) is 25.4 Å². The van der Waals surface area contributed by atoms with Crippen LogP contribution in [0.3, 0.4) is 0 Å². The fourth-order valence-corrected chi connectivity index (χ4v) is 2.49. The Bertz CT molecular complexity index is 568. The van der Waals surface area contributed by atoms with Crippen LogP contribution in [0.4, 0.5) is 5.82 Å². The van der Waals surface area contributed by atoms with E-state index in [0.717, 1.165) is 16.0 Å². The van der Waals surface area contributed by atoms with Gasteiger partial charge in [0.2, 0.25) is 0 Å². The summed E-state index contributed by atoms with van der Waals surface area (Å²) in [4.78, 5) is 17.4. The van der Waals surface area contributed by atoms with E-state index in [1.165, 1.54) is 12.8 Å². The zero-order valence-electron chi connectivity index (χ0n) is 9.89. The zero-order chi connectivity index (χ0) is 12.5. The van der Waals surface area contributed by atoms with Crippen LogP contribution in [0.15, 0.2) is 23.1 Å². The third-order valence-electron chi connectivity index (χ3n) is 2.87. The lowest BCUT2D eigenvalue weighted by Crippen LogP contribution is -2.03. The van der Waals surface area contributed by atoms with Crippen molar-refractivity contribution in [2.45, 2.75) is 18.8 Å². The summed E-state index contributed by atoms with van der Waals surface area (Å²) in [6.45, 7) is 0. The van der Waals surface area contributed by atoms with E-state index >= 15 is 0 Å². The zero-order valence-corrected chi connectivity index (χ0v) is 11.5. The van der Waals surface area contributed by atoms with Gasteiger partial charge in [0.15, 0.2) is 5.82 Å². The van der Waals surface area contributed by atoms with Crippen molar-refractivity contribution < 1.29 is 0 Å². The predicted molar refractivity (Wildman–Crippen MR) is 72.3 cm³/mol. The van der Waals surface area contributed by atoms with Gasteiger partial charge in [-0.1, -0.05) is 0 Å². The highest BCUT2D eigenvalue weighted by Crippen LogP contribution is 2.44. The van der Waals surface area contributed by atoms with Crippen molar-refractivity contribution in [2.75, 3.05) is 12.4 Å². The minimum Gasteiger partial charge on any atom is -0.372 e. The van der Waals surface area contributed by atoms with Gasteiger partial charge in [-0.3, -0.25) is 4.98 Å². The number of aromatic nitrogens is 4. The average molecular weight is 306 g/mol. The molecule has 0 radical (unpaired) electrons.